The molecule has 2 aliphatic rings. The van der Waals surface area contributed by atoms with E-state index in [1.807, 2.05) is 0 Å². The van der Waals surface area contributed by atoms with Gasteiger partial charge in [0.05, 0.1) is 25.4 Å². The van der Waals surface area contributed by atoms with Crippen molar-refractivity contribution in [2.75, 3.05) is 13.2 Å². The van der Waals surface area contributed by atoms with E-state index in [0.717, 1.165) is 11.8 Å². The average molecular weight is 397 g/mol. The van der Waals surface area contributed by atoms with E-state index in [1.54, 1.807) is 0 Å². The number of ether oxygens (including phenoxy) is 2. The lowest BCUT2D eigenvalue weighted by Crippen LogP contribution is -2.48. The zero-order chi connectivity index (χ0) is 21.3. The highest BCUT2D eigenvalue weighted by Gasteiger charge is 2.43. The van der Waals surface area contributed by atoms with Gasteiger partial charge in [-0.15, -0.1) is 0 Å². The van der Waals surface area contributed by atoms with Gasteiger partial charge in [0.25, 0.3) is 0 Å². The minimum Gasteiger partial charge on any atom is -0.388 e. The van der Waals surface area contributed by atoms with Crippen molar-refractivity contribution in [3.05, 3.63) is 0 Å². The lowest BCUT2D eigenvalue weighted by molar-refractivity contribution is -0.144. The predicted octanol–water partition coefficient (Wildman–Crippen LogP) is 5.51. The summed E-state index contributed by atoms with van der Waals surface area (Å²) in [6, 6.07) is 0. The molecule has 0 aliphatic heterocycles. The number of aliphatic hydroxyl groups is 1. The normalized spacial score (nSPS) is 51.1. The maximum Gasteiger partial charge on any atom is 0.101 e. The molecule has 0 aromatic rings. The second kappa shape index (κ2) is 9.79. The van der Waals surface area contributed by atoms with E-state index in [9.17, 15) is 5.11 Å². The molecule has 0 saturated heterocycles. The van der Waals surface area contributed by atoms with Crippen LogP contribution in [0.25, 0.3) is 0 Å². The third-order valence-corrected chi connectivity index (χ3v) is 9.67. The van der Waals surface area contributed by atoms with Gasteiger partial charge in [0.15, 0.2) is 0 Å². The van der Waals surface area contributed by atoms with Crippen LogP contribution >= 0.6 is 0 Å². The van der Waals surface area contributed by atoms with Crippen molar-refractivity contribution in [1.29, 1.82) is 0 Å². The third kappa shape index (κ3) is 4.78. The molecule has 28 heavy (non-hydrogen) atoms. The van der Waals surface area contributed by atoms with Crippen LogP contribution in [0, 0.1) is 59.2 Å². The van der Waals surface area contributed by atoms with Gasteiger partial charge in [-0.1, -0.05) is 69.2 Å². The molecule has 2 saturated carbocycles. The van der Waals surface area contributed by atoms with Crippen molar-refractivity contribution in [3.63, 3.8) is 0 Å². The average Bonchev–Trinajstić information content (AvgIpc) is 2.67. The lowest BCUT2D eigenvalue weighted by Gasteiger charge is -2.47. The quantitative estimate of drug-likeness (QED) is 0.644. The lowest BCUT2D eigenvalue weighted by atomic mass is 9.63. The molecule has 0 amide bonds. The monoisotopic (exact) mass is 396 g/mol. The molecule has 2 rings (SSSR count). The maximum atomic E-state index is 10.6. The summed E-state index contributed by atoms with van der Waals surface area (Å²) in [6.45, 7) is 24.1. The number of hydrogen-bond acceptors (Lipinski definition) is 3. The zero-order valence-corrected chi connectivity index (χ0v) is 20.2. The second-order valence-corrected chi connectivity index (χ2v) is 10.8. The Hall–Kier alpha value is -0.120. The topological polar surface area (TPSA) is 38.7 Å². The molecular weight excluding hydrogens is 348 g/mol. The van der Waals surface area contributed by atoms with E-state index < -0.39 is 6.10 Å². The summed E-state index contributed by atoms with van der Waals surface area (Å²) in [7, 11) is 0. The molecule has 2 aliphatic carbocycles. The van der Waals surface area contributed by atoms with E-state index in [0.29, 0.717) is 60.6 Å². The fourth-order valence-electron chi connectivity index (χ4n) is 6.13. The predicted molar refractivity (Wildman–Crippen MR) is 117 cm³/mol. The van der Waals surface area contributed by atoms with Gasteiger partial charge < -0.3 is 14.6 Å². The van der Waals surface area contributed by atoms with Crippen molar-refractivity contribution in [2.45, 2.75) is 87.5 Å². The van der Waals surface area contributed by atoms with Gasteiger partial charge in [-0.05, 0) is 59.2 Å². The molecule has 2 fully saturated rings. The van der Waals surface area contributed by atoms with Gasteiger partial charge >= 0.3 is 0 Å². The van der Waals surface area contributed by atoms with E-state index in [4.69, 9.17) is 9.47 Å². The van der Waals surface area contributed by atoms with E-state index in [2.05, 4.69) is 69.2 Å². The molecule has 8 atom stereocenters. The highest BCUT2D eigenvalue weighted by molar-refractivity contribution is 4.91. The van der Waals surface area contributed by atoms with Crippen molar-refractivity contribution in [1.82, 2.24) is 0 Å². The number of hydrogen-bond donors (Lipinski definition) is 1. The van der Waals surface area contributed by atoms with Crippen LogP contribution in [0.5, 0.6) is 0 Å². The SMILES string of the molecule is CC1C(C)C(C)C(OCC(O)COC2C(C)C(C)C(C)C(C)C2C)C(C)C1C. The molecule has 3 heteroatoms. The number of rotatable bonds is 6. The molecule has 3 nitrogen and oxygen atoms in total. The molecule has 0 aromatic carbocycles. The van der Waals surface area contributed by atoms with Crippen LogP contribution in [0.1, 0.15) is 69.2 Å². The minimum atomic E-state index is -0.547. The fourth-order valence-corrected chi connectivity index (χ4v) is 6.13. The Balaban J connectivity index is 1.86. The van der Waals surface area contributed by atoms with E-state index >= 15 is 0 Å². The second-order valence-electron chi connectivity index (χ2n) is 10.8. The summed E-state index contributed by atoms with van der Waals surface area (Å²) >= 11 is 0. The Morgan fingerprint density at radius 3 is 0.929 bits per heavy atom. The van der Waals surface area contributed by atoms with Crippen molar-refractivity contribution >= 4 is 0 Å². The van der Waals surface area contributed by atoms with Crippen LogP contribution in [0.3, 0.4) is 0 Å². The highest BCUT2D eigenvalue weighted by Crippen LogP contribution is 2.44. The first-order chi connectivity index (χ1) is 13.0. The molecule has 0 heterocycles. The summed E-state index contributed by atoms with van der Waals surface area (Å²) in [5, 5.41) is 10.6. The first-order valence-electron chi connectivity index (χ1n) is 11.9. The Morgan fingerprint density at radius 2 is 0.679 bits per heavy atom. The minimum absolute atomic E-state index is 0.226. The summed E-state index contributed by atoms with van der Waals surface area (Å²) in [5.74, 6) is 6.14. The maximum absolute atomic E-state index is 10.6. The van der Waals surface area contributed by atoms with E-state index in [-0.39, 0.29) is 12.2 Å². The Morgan fingerprint density at radius 1 is 0.464 bits per heavy atom. The number of aliphatic hydroxyl groups excluding tert-OH is 1. The van der Waals surface area contributed by atoms with Gasteiger partial charge in [0, 0.05) is 0 Å². The van der Waals surface area contributed by atoms with Crippen molar-refractivity contribution in [3.8, 4) is 0 Å². The Labute approximate surface area is 175 Å². The first kappa shape index (κ1) is 24.2. The highest BCUT2D eigenvalue weighted by atomic mass is 16.5. The van der Waals surface area contributed by atoms with Crippen molar-refractivity contribution in [2.24, 2.45) is 59.2 Å². The van der Waals surface area contributed by atoms with Crippen LogP contribution in [0.4, 0.5) is 0 Å². The van der Waals surface area contributed by atoms with Gasteiger partial charge in [0.1, 0.15) is 6.10 Å². The molecule has 1 N–H and O–H groups in total. The van der Waals surface area contributed by atoms with Gasteiger partial charge in [-0.25, -0.2) is 0 Å². The molecule has 0 bridgehead atoms. The standard InChI is InChI=1S/C25H48O3/c1-13-15(3)19(7)24(20(8)16(13)4)27-11-23(26)12-28-25-21(9)17(5)14(2)18(6)22(25)10/h13-26H,11-12H2,1-10H3. The van der Waals surface area contributed by atoms with E-state index in [1.165, 1.54) is 0 Å². The Bertz CT molecular complexity index is 406. The molecule has 8 unspecified atom stereocenters. The van der Waals surface area contributed by atoms with Crippen LogP contribution in [-0.4, -0.2) is 36.6 Å². The Kier molecular flexibility index (Phi) is 8.45. The van der Waals surface area contributed by atoms with Crippen LogP contribution in [0.15, 0.2) is 0 Å². The summed E-state index contributed by atoms with van der Waals surface area (Å²) in [4.78, 5) is 0. The molecule has 0 spiro atoms. The largest absolute Gasteiger partial charge is 0.388 e. The molecule has 0 radical (unpaired) electrons. The van der Waals surface area contributed by atoms with Gasteiger partial charge in [0.2, 0.25) is 0 Å². The summed E-state index contributed by atoms with van der Waals surface area (Å²) < 4.78 is 12.6. The molecule has 0 aromatic heterocycles. The summed E-state index contributed by atoms with van der Waals surface area (Å²) in [6.07, 6.45) is -0.0951. The van der Waals surface area contributed by atoms with Gasteiger partial charge in [-0.3, -0.25) is 0 Å². The third-order valence-electron chi connectivity index (χ3n) is 9.67. The molecular formula is C25H48O3. The zero-order valence-electron chi connectivity index (χ0n) is 20.2. The van der Waals surface area contributed by atoms with Gasteiger partial charge in [-0.2, -0.15) is 0 Å². The van der Waals surface area contributed by atoms with Crippen LogP contribution in [-0.2, 0) is 9.47 Å². The summed E-state index contributed by atoms with van der Waals surface area (Å²) in [5.41, 5.74) is 0. The first-order valence-corrected chi connectivity index (χ1v) is 11.9. The smallest absolute Gasteiger partial charge is 0.101 e. The van der Waals surface area contributed by atoms with Crippen molar-refractivity contribution < 1.29 is 14.6 Å². The molecule has 166 valence electrons. The van der Waals surface area contributed by atoms with Crippen LogP contribution < -0.4 is 0 Å². The fraction of sp³-hybridized carbons (Fsp3) is 1.00. The van der Waals surface area contributed by atoms with Crippen LogP contribution in [0.2, 0.25) is 0 Å².